The van der Waals surface area contributed by atoms with Crippen molar-refractivity contribution in [1.82, 2.24) is 4.90 Å². The topological polar surface area (TPSA) is 102 Å². The van der Waals surface area contributed by atoms with E-state index in [-0.39, 0.29) is 29.7 Å². The summed E-state index contributed by atoms with van der Waals surface area (Å²) in [7, 11) is 1.56. The number of Topliss-reactive ketones (excluding diaryl/α,β-unsaturated/α-hetero) is 1. The van der Waals surface area contributed by atoms with E-state index in [1.807, 2.05) is 13.8 Å². The number of carbonyl (C=O) groups excluding carboxylic acids is 3. The first-order valence-electron chi connectivity index (χ1n) is 11.1. The maximum atomic E-state index is 13.1. The summed E-state index contributed by atoms with van der Waals surface area (Å²) < 4.78 is 15.9. The van der Waals surface area contributed by atoms with E-state index in [2.05, 4.69) is 0 Å². The number of ether oxygens (including phenoxy) is 3. The van der Waals surface area contributed by atoms with Crippen LogP contribution in [0, 0.1) is 0 Å². The van der Waals surface area contributed by atoms with Crippen molar-refractivity contribution < 1.29 is 33.7 Å². The molecule has 1 N–H and O–H groups in total. The van der Waals surface area contributed by atoms with Crippen LogP contribution in [-0.4, -0.2) is 54.0 Å². The Morgan fingerprint density at radius 2 is 1.79 bits per heavy atom. The largest absolute Gasteiger partial charge is 0.507 e. The molecule has 8 nitrogen and oxygen atoms in total. The van der Waals surface area contributed by atoms with E-state index >= 15 is 0 Å². The predicted octanol–water partition coefficient (Wildman–Crippen LogP) is 3.86. The molecule has 1 saturated heterocycles. The van der Waals surface area contributed by atoms with Gasteiger partial charge in [-0.3, -0.25) is 14.4 Å². The lowest BCUT2D eigenvalue weighted by Gasteiger charge is -2.25. The number of esters is 1. The Morgan fingerprint density at radius 1 is 1.09 bits per heavy atom. The third-order valence-corrected chi connectivity index (χ3v) is 5.22. The molecule has 1 amide bonds. The smallest absolute Gasteiger partial charge is 0.308 e. The molecule has 8 heteroatoms. The second-order valence-electron chi connectivity index (χ2n) is 8.20. The van der Waals surface area contributed by atoms with Gasteiger partial charge in [-0.05, 0) is 62.2 Å². The first kappa shape index (κ1) is 25.0. The monoisotopic (exact) mass is 467 g/mol. The molecule has 0 saturated carbocycles. The second kappa shape index (κ2) is 11.0. The van der Waals surface area contributed by atoms with Crippen molar-refractivity contribution in [2.75, 3.05) is 20.3 Å². The van der Waals surface area contributed by atoms with Crippen molar-refractivity contribution in [2.24, 2.45) is 0 Å². The number of amides is 1. The molecule has 2 aromatic carbocycles. The van der Waals surface area contributed by atoms with Crippen LogP contribution in [0.25, 0.3) is 5.76 Å². The fourth-order valence-electron chi connectivity index (χ4n) is 3.87. The minimum absolute atomic E-state index is 0.0126. The van der Waals surface area contributed by atoms with Crippen molar-refractivity contribution >= 4 is 23.4 Å². The summed E-state index contributed by atoms with van der Waals surface area (Å²) in [6.45, 7) is 5.75. The van der Waals surface area contributed by atoms with Crippen LogP contribution < -0.4 is 9.47 Å². The molecule has 3 rings (SSSR count). The van der Waals surface area contributed by atoms with Crippen LogP contribution >= 0.6 is 0 Å². The zero-order chi connectivity index (χ0) is 24.8. The number of rotatable bonds is 9. The van der Waals surface area contributed by atoms with Crippen LogP contribution in [0.2, 0.25) is 0 Å². The van der Waals surface area contributed by atoms with Crippen LogP contribution in [0.4, 0.5) is 0 Å². The Labute approximate surface area is 198 Å². The van der Waals surface area contributed by atoms with Gasteiger partial charge < -0.3 is 24.2 Å². The number of methoxy groups -OCH3 is 1. The molecule has 0 spiro atoms. The van der Waals surface area contributed by atoms with E-state index in [1.54, 1.807) is 55.6 Å². The van der Waals surface area contributed by atoms with Gasteiger partial charge in [0.1, 0.15) is 17.3 Å². The van der Waals surface area contributed by atoms with Gasteiger partial charge >= 0.3 is 5.97 Å². The van der Waals surface area contributed by atoms with Gasteiger partial charge in [0.05, 0.1) is 17.7 Å². The fourth-order valence-corrected chi connectivity index (χ4v) is 3.87. The van der Waals surface area contributed by atoms with Crippen LogP contribution in [0.15, 0.2) is 54.1 Å². The van der Waals surface area contributed by atoms with Gasteiger partial charge in [-0.2, -0.15) is 0 Å². The number of hydrogen-bond acceptors (Lipinski definition) is 7. The summed E-state index contributed by atoms with van der Waals surface area (Å²) in [5.41, 5.74) is 0.892. The number of hydrogen-bond donors (Lipinski definition) is 1. The maximum absolute atomic E-state index is 13.1. The molecular formula is C26H29NO7. The first-order valence-corrected chi connectivity index (χ1v) is 11.1. The number of aliphatic hydroxyl groups excluding tert-OH is 1. The fraction of sp³-hybridized carbons (Fsp3) is 0.346. The summed E-state index contributed by atoms with van der Waals surface area (Å²) in [6.07, 6.45) is 0.492. The van der Waals surface area contributed by atoms with Crippen molar-refractivity contribution in [2.45, 2.75) is 39.3 Å². The third kappa shape index (κ3) is 5.63. The van der Waals surface area contributed by atoms with Gasteiger partial charge in [-0.15, -0.1) is 0 Å². The minimum atomic E-state index is -0.848. The number of benzene rings is 2. The Kier molecular flexibility index (Phi) is 8.07. The van der Waals surface area contributed by atoms with Gasteiger partial charge in [0.25, 0.3) is 11.7 Å². The van der Waals surface area contributed by atoms with Crippen LogP contribution in [-0.2, 0) is 19.1 Å². The van der Waals surface area contributed by atoms with E-state index in [4.69, 9.17) is 14.2 Å². The molecule has 34 heavy (non-hydrogen) atoms. The maximum Gasteiger partial charge on any atom is 0.308 e. The van der Waals surface area contributed by atoms with E-state index in [1.165, 1.54) is 11.8 Å². The number of aliphatic hydroxyl groups is 1. The van der Waals surface area contributed by atoms with Crippen molar-refractivity contribution in [1.29, 1.82) is 0 Å². The molecule has 1 heterocycles. The Bertz CT molecular complexity index is 1090. The summed E-state index contributed by atoms with van der Waals surface area (Å²) in [5.74, 6) is -1.36. The highest BCUT2D eigenvalue weighted by Crippen LogP contribution is 2.40. The summed E-state index contributed by atoms with van der Waals surface area (Å²) >= 11 is 0. The van der Waals surface area contributed by atoms with Crippen molar-refractivity contribution in [3.8, 4) is 11.5 Å². The zero-order valence-corrected chi connectivity index (χ0v) is 19.7. The Balaban J connectivity index is 2.08. The average molecular weight is 468 g/mol. The van der Waals surface area contributed by atoms with Crippen molar-refractivity contribution in [3.63, 3.8) is 0 Å². The summed E-state index contributed by atoms with van der Waals surface area (Å²) in [6, 6.07) is 12.4. The average Bonchev–Trinajstić information content (AvgIpc) is 3.04. The molecule has 1 aliphatic rings. The molecule has 1 fully saturated rings. The molecule has 1 aliphatic heterocycles. The van der Waals surface area contributed by atoms with Gasteiger partial charge in [-0.25, -0.2) is 0 Å². The van der Waals surface area contributed by atoms with Gasteiger partial charge in [-0.1, -0.05) is 12.1 Å². The van der Waals surface area contributed by atoms with E-state index in [0.717, 1.165) is 0 Å². The highest BCUT2D eigenvalue weighted by Gasteiger charge is 2.45. The zero-order valence-electron chi connectivity index (χ0n) is 19.7. The highest BCUT2D eigenvalue weighted by molar-refractivity contribution is 6.46. The lowest BCUT2D eigenvalue weighted by molar-refractivity contribution is -0.140. The highest BCUT2D eigenvalue weighted by atomic mass is 16.5. The Hall–Kier alpha value is -3.65. The molecule has 1 unspecified atom stereocenters. The number of ketones is 1. The van der Waals surface area contributed by atoms with Crippen LogP contribution in [0.1, 0.15) is 44.4 Å². The molecule has 0 bridgehead atoms. The minimum Gasteiger partial charge on any atom is -0.507 e. The molecule has 2 aromatic rings. The number of likely N-dealkylation sites (tertiary alicyclic amines) is 1. The Morgan fingerprint density at radius 3 is 2.41 bits per heavy atom. The number of nitrogens with zero attached hydrogens (tertiary/aromatic N) is 1. The standard InChI is InChI=1S/C26H29NO7/c1-16(2)33-20-11-9-18(10-12-20)24(29)22-23(19-7-5-8-21(15-19)34-17(3)28)27(13-6-14-32-4)26(31)25(22)30/h5,7-12,15-16,23,29H,6,13-14H2,1-4H3/b24-22-. The molecule has 180 valence electrons. The van der Waals surface area contributed by atoms with Gasteiger partial charge in [0.15, 0.2) is 0 Å². The molecule has 0 aliphatic carbocycles. The molecule has 1 atom stereocenters. The van der Waals surface area contributed by atoms with Crippen LogP contribution in [0.3, 0.4) is 0 Å². The number of carbonyl (C=O) groups is 3. The van der Waals surface area contributed by atoms with Crippen molar-refractivity contribution in [3.05, 3.63) is 65.2 Å². The normalized spacial score (nSPS) is 17.3. The van der Waals surface area contributed by atoms with Crippen LogP contribution in [0.5, 0.6) is 11.5 Å². The van der Waals surface area contributed by atoms with E-state index < -0.39 is 23.7 Å². The van der Waals surface area contributed by atoms with Gasteiger partial charge in [0.2, 0.25) is 0 Å². The predicted molar refractivity (Wildman–Crippen MR) is 125 cm³/mol. The molecular weight excluding hydrogens is 438 g/mol. The lowest BCUT2D eigenvalue weighted by atomic mass is 9.95. The summed E-state index contributed by atoms with van der Waals surface area (Å²) in [4.78, 5) is 38.9. The second-order valence-corrected chi connectivity index (χ2v) is 8.20. The quantitative estimate of drug-likeness (QED) is 0.149. The van der Waals surface area contributed by atoms with Gasteiger partial charge in [0, 0.05) is 32.7 Å². The van der Waals surface area contributed by atoms with E-state index in [9.17, 15) is 19.5 Å². The lowest BCUT2D eigenvalue weighted by Crippen LogP contribution is -2.31. The molecule has 0 aromatic heterocycles. The summed E-state index contributed by atoms with van der Waals surface area (Å²) in [5, 5.41) is 11.1. The first-order chi connectivity index (χ1) is 16.2. The third-order valence-electron chi connectivity index (χ3n) is 5.22. The SMILES string of the molecule is COCCCN1C(=O)C(=O)/C(=C(\O)c2ccc(OC(C)C)cc2)C1c1cccc(OC(C)=O)c1. The molecule has 0 radical (unpaired) electrons. The van der Waals surface area contributed by atoms with E-state index in [0.29, 0.717) is 29.9 Å².